The molecule has 0 spiro atoms. The number of carbonyl (C=O) groups is 3. The number of nitrogens with two attached hydrogens (primary N) is 1. The molecule has 7 nitrogen and oxygen atoms in total. The minimum atomic E-state index is -0.945. The van der Waals surface area contributed by atoms with Crippen LogP contribution in [0.1, 0.15) is 25.7 Å². The minimum Gasteiger partial charge on any atom is -0.480 e. The van der Waals surface area contributed by atoms with Crippen molar-refractivity contribution in [2.24, 2.45) is 17.6 Å². The molecule has 2 fully saturated rings. The summed E-state index contributed by atoms with van der Waals surface area (Å²) >= 11 is 0. The number of aliphatic carboxylic acids is 1. The second kappa shape index (κ2) is 5.46. The number of nitrogens with zero attached hydrogens (tertiary/aromatic N) is 1. The van der Waals surface area contributed by atoms with Gasteiger partial charge in [0, 0.05) is 19.5 Å². The topological polar surface area (TPSA) is 113 Å². The lowest BCUT2D eigenvalue weighted by Crippen LogP contribution is -2.48. The van der Waals surface area contributed by atoms with Gasteiger partial charge in [-0.15, -0.1) is 0 Å². The van der Waals surface area contributed by atoms with Crippen molar-refractivity contribution >= 4 is 17.9 Å². The number of hydrogen-bond acceptors (Lipinski definition) is 3. The van der Waals surface area contributed by atoms with Gasteiger partial charge in [0.2, 0.25) is 5.91 Å². The summed E-state index contributed by atoms with van der Waals surface area (Å²) in [5.41, 5.74) is 4.98. The summed E-state index contributed by atoms with van der Waals surface area (Å²) in [7, 11) is 0. The fourth-order valence-electron chi connectivity index (χ4n) is 3.23. The maximum atomic E-state index is 12.0. The molecular weight excluding hydrogens is 250 g/mol. The van der Waals surface area contributed by atoms with E-state index in [9.17, 15) is 19.5 Å². The van der Waals surface area contributed by atoms with Crippen LogP contribution in [0.4, 0.5) is 4.79 Å². The van der Waals surface area contributed by atoms with Crippen LogP contribution in [0.2, 0.25) is 0 Å². The van der Waals surface area contributed by atoms with Crippen molar-refractivity contribution in [2.45, 2.75) is 31.7 Å². The first-order chi connectivity index (χ1) is 9.00. The monoisotopic (exact) mass is 269 g/mol. The summed E-state index contributed by atoms with van der Waals surface area (Å²) in [6, 6.07) is -1.15. The molecule has 2 aliphatic rings. The van der Waals surface area contributed by atoms with Gasteiger partial charge in [-0.25, -0.2) is 9.59 Å². The van der Waals surface area contributed by atoms with Crippen molar-refractivity contribution in [1.82, 2.24) is 10.2 Å². The Bertz CT molecular complexity index is 398. The van der Waals surface area contributed by atoms with E-state index in [1.54, 1.807) is 0 Å². The van der Waals surface area contributed by atoms with Gasteiger partial charge in [-0.2, -0.15) is 0 Å². The molecule has 7 heteroatoms. The van der Waals surface area contributed by atoms with Gasteiger partial charge in [-0.05, 0) is 24.7 Å². The molecule has 0 aromatic rings. The van der Waals surface area contributed by atoms with E-state index in [4.69, 9.17) is 5.73 Å². The highest BCUT2D eigenvalue weighted by atomic mass is 16.4. The summed E-state index contributed by atoms with van der Waals surface area (Å²) < 4.78 is 0. The van der Waals surface area contributed by atoms with Gasteiger partial charge >= 0.3 is 12.0 Å². The molecule has 3 atom stereocenters. The predicted octanol–water partition coefficient (Wildman–Crippen LogP) is -0.243. The lowest BCUT2D eigenvalue weighted by Gasteiger charge is -2.24. The van der Waals surface area contributed by atoms with E-state index in [1.165, 1.54) is 4.90 Å². The minimum absolute atomic E-state index is 0.0597. The summed E-state index contributed by atoms with van der Waals surface area (Å²) in [5, 5.41) is 11.9. The number of carbonyl (C=O) groups excluding carboxylic acids is 2. The first-order valence-electron chi connectivity index (χ1n) is 6.56. The quantitative estimate of drug-likeness (QED) is 0.653. The van der Waals surface area contributed by atoms with Crippen LogP contribution in [-0.4, -0.2) is 47.0 Å². The van der Waals surface area contributed by atoms with Gasteiger partial charge in [0.1, 0.15) is 6.04 Å². The fraction of sp³-hybridized carbons (Fsp3) is 0.750. The zero-order chi connectivity index (χ0) is 14.0. The van der Waals surface area contributed by atoms with Crippen LogP contribution in [0.15, 0.2) is 0 Å². The number of urea groups is 1. The molecule has 1 heterocycles. The molecule has 3 amide bonds. The number of carboxylic acids is 1. The number of rotatable bonds is 4. The zero-order valence-corrected chi connectivity index (χ0v) is 10.7. The van der Waals surface area contributed by atoms with E-state index in [2.05, 4.69) is 5.32 Å². The van der Waals surface area contributed by atoms with Crippen LogP contribution in [0.25, 0.3) is 0 Å². The summed E-state index contributed by atoms with van der Waals surface area (Å²) in [6.07, 6.45) is 2.95. The Kier molecular flexibility index (Phi) is 3.92. The van der Waals surface area contributed by atoms with E-state index in [0.717, 1.165) is 19.3 Å². The molecule has 2 rings (SSSR count). The fourth-order valence-corrected chi connectivity index (χ4v) is 3.23. The number of primary amides is 1. The van der Waals surface area contributed by atoms with Crippen molar-refractivity contribution < 1.29 is 19.5 Å². The largest absolute Gasteiger partial charge is 0.480 e. The van der Waals surface area contributed by atoms with Crippen molar-refractivity contribution in [2.75, 3.05) is 13.1 Å². The highest BCUT2D eigenvalue weighted by Crippen LogP contribution is 2.42. The maximum Gasteiger partial charge on any atom is 0.326 e. The normalized spacial score (nSPS) is 29.1. The molecule has 3 unspecified atom stereocenters. The van der Waals surface area contributed by atoms with Crippen LogP contribution in [0, 0.1) is 11.8 Å². The van der Waals surface area contributed by atoms with Crippen LogP contribution in [0.5, 0.6) is 0 Å². The smallest absolute Gasteiger partial charge is 0.326 e. The average molecular weight is 269 g/mol. The molecule has 1 saturated heterocycles. The Hall–Kier alpha value is -1.79. The maximum absolute atomic E-state index is 12.0. The second-order valence-corrected chi connectivity index (χ2v) is 5.24. The van der Waals surface area contributed by atoms with Gasteiger partial charge in [0.25, 0.3) is 0 Å². The number of hydrogen-bond donors (Lipinski definition) is 3. The highest BCUT2D eigenvalue weighted by molar-refractivity contribution is 5.84. The van der Waals surface area contributed by atoms with Crippen molar-refractivity contribution in [3.8, 4) is 0 Å². The molecule has 1 saturated carbocycles. The lowest BCUT2D eigenvalue weighted by atomic mass is 9.94. The number of carboxylic acid groups (broad SMARTS) is 1. The molecule has 4 N–H and O–H groups in total. The molecule has 0 radical (unpaired) electrons. The van der Waals surface area contributed by atoms with Crippen LogP contribution in [0.3, 0.4) is 0 Å². The molecule has 19 heavy (non-hydrogen) atoms. The second-order valence-electron chi connectivity index (χ2n) is 5.24. The van der Waals surface area contributed by atoms with Gasteiger partial charge in [0.15, 0.2) is 0 Å². The van der Waals surface area contributed by atoms with E-state index >= 15 is 0 Å². The van der Waals surface area contributed by atoms with Gasteiger partial charge in [-0.1, -0.05) is 6.42 Å². The molecule has 106 valence electrons. The molecule has 0 bridgehead atoms. The highest BCUT2D eigenvalue weighted by Gasteiger charge is 2.49. The molecule has 1 aliphatic carbocycles. The summed E-state index contributed by atoms with van der Waals surface area (Å²) in [6.45, 7) is 0.635. The third-order valence-electron chi connectivity index (χ3n) is 4.05. The lowest BCUT2D eigenvalue weighted by molar-refractivity contribution is -0.142. The summed E-state index contributed by atoms with van der Waals surface area (Å²) in [5.74, 6) is -1.07. The Labute approximate surface area is 111 Å². The number of fused-ring (bicyclic) bond motifs is 1. The van der Waals surface area contributed by atoms with Gasteiger partial charge in [0.05, 0.1) is 0 Å². The summed E-state index contributed by atoms with van der Waals surface area (Å²) in [4.78, 5) is 35.3. The third-order valence-corrected chi connectivity index (χ3v) is 4.05. The molecule has 0 aromatic heterocycles. The van der Waals surface area contributed by atoms with E-state index in [0.29, 0.717) is 12.5 Å². The van der Waals surface area contributed by atoms with Crippen LogP contribution < -0.4 is 11.1 Å². The van der Waals surface area contributed by atoms with Gasteiger partial charge in [-0.3, -0.25) is 4.79 Å². The van der Waals surface area contributed by atoms with E-state index < -0.39 is 23.9 Å². The Morgan fingerprint density at radius 3 is 2.68 bits per heavy atom. The van der Waals surface area contributed by atoms with Crippen molar-refractivity contribution in [3.63, 3.8) is 0 Å². The van der Waals surface area contributed by atoms with E-state index in [1.807, 2.05) is 0 Å². The number of amides is 3. The molecule has 0 aromatic carbocycles. The van der Waals surface area contributed by atoms with Gasteiger partial charge < -0.3 is 21.1 Å². The first-order valence-corrected chi connectivity index (χ1v) is 6.56. The Balaban J connectivity index is 1.96. The van der Waals surface area contributed by atoms with Crippen LogP contribution >= 0.6 is 0 Å². The predicted molar refractivity (Wildman–Crippen MR) is 66.2 cm³/mol. The van der Waals surface area contributed by atoms with E-state index in [-0.39, 0.29) is 18.9 Å². The number of likely N-dealkylation sites (tertiary alicyclic amines) is 1. The number of nitrogens with one attached hydrogen (secondary N) is 1. The van der Waals surface area contributed by atoms with Crippen molar-refractivity contribution in [3.05, 3.63) is 0 Å². The van der Waals surface area contributed by atoms with Crippen LogP contribution in [-0.2, 0) is 9.59 Å². The van der Waals surface area contributed by atoms with Crippen molar-refractivity contribution in [1.29, 1.82) is 0 Å². The molecule has 1 aliphatic heterocycles. The average Bonchev–Trinajstić information content (AvgIpc) is 2.86. The Morgan fingerprint density at radius 2 is 2.05 bits per heavy atom. The SMILES string of the molecule is NC(=O)CCNC(=O)N1CC2CCCC2C1C(=O)O. The zero-order valence-electron chi connectivity index (χ0n) is 10.7. The molecular formula is C12H19N3O4. The standard InChI is InChI=1S/C12H19N3O4/c13-9(16)4-5-14-12(19)15-6-7-2-1-3-8(7)10(15)11(17)18/h7-8,10H,1-6H2,(H2,13,16)(H,14,19)(H,17,18). The third kappa shape index (κ3) is 2.80. The first kappa shape index (κ1) is 13.6. The Morgan fingerprint density at radius 1 is 1.32 bits per heavy atom.